The van der Waals surface area contributed by atoms with E-state index in [0.717, 1.165) is 15.4 Å². The number of hydrazone groups is 1. The first-order valence-corrected chi connectivity index (χ1v) is 11.4. The van der Waals surface area contributed by atoms with Crippen molar-refractivity contribution in [2.45, 2.75) is 18.4 Å². The lowest BCUT2D eigenvalue weighted by Crippen LogP contribution is -2.39. The van der Waals surface area contributed by atoms with Crippen LogP contribution < -0.4 is 5.43 Å². The number of carbonyl (C=O) groups is 1. The largest absolute Gasteiger partial charge is 0.272 e. The Balaban J connectivity index is 1.78. The van der Waals surface area contributed by atoms with Crippen molar-refractivity contribution in [3.05, 3.63) is 100 Å². The van der Waals surface area contributed by atoms with E-state index in [9.17, 15) is 17.6 Å². The van der Waals surface area contributed by atoms with Crippen molar-refractivity contribution in [1.82, 2.24) is 9.73 Å². The van der Waals surface area contributed by atoms with Crippen LogP contribution in [0.3, 0.4) is 0 Å². The summed E-state index contributed by atoms with van der Waals surface area (Å²) in [6.07, 6.45) is 1.47. The average molecular weight is 474 g/mol. The molecule has 0 fully saturated rings. The van der Waals surface area contributed by atoms with Gasteiger partial charge in [-0.05, 0) is 54.4 Å². The quantitative estimate of drug-likeness (QED) is 0.394. The molecule has 0 aliphatic carbocycles. The molecule has 3 aromatic rings. The molecule has 0 saturated carbocycles. The molecule has 0 aromatic heterocycles. The number of carbonyl (C=O) groups excluding carboxylic acids is 1. The molecular weight excluding hydrogens is 453 g/mol. The van der Waals surface area contributed by atoms with E-state index in [1.807, 2.05) is 31.2 Å². The van der Waals surface area contributed by atoms with E-state index in [4.69, 9.17) is 11.6 Å². The molecule has 0 bridgehead atoms. The molecule has 0 atom stereocenters. The Labute approximate surface area is 191 Å². The van der Waals surface area contributed by atoms with Crippen LogP contribution in [-0.4, -0.2) is 31.4 Å². The number of hydrogen-bond donors (Lipinski definition) is 1. The van der Waals surface area contributed by atoms with Gasteiger partial charge in [-0.15, -0.1) is 0 Å². The summed E-state index contributed by atoms with van der Waals surface area (Å²) in [6.45, 7) is 1.35. The molecule has 9 heteroatoms. The number of benzene rings is 3. The fraction of sp³-hybridized carbons (Fsp3) is 0.130. The molecule has 1 amide bonds. The smallest absolute Gasteiger partial charge is 0.255 e. The molecule has 0 aliphatic heterocycles. The summed E-state index contributed by atoms with van der Waals surface area (Å²) < 4.78 is 40.6. The van der Waals surface area contributed by atoms with Gasteiger partial charge in [-0.3, -0.25) is 4.79 Å². The van der Waals surface area contributed by atoms with Crippen LogP contribution >= 0.6 is 11.6 Å². The Morgan fingerprint density at radius 2 is 1.66 bits per heavy atom. The number of nitrogens with one attached hydrogen (secondary N) is 1. The van der Waals surface area contributed by atoms with Crippen molar-refractivity contribution in [1.29, 1.82) is 0 Å². The van der Waals surface area contributed by atoms with Gasteiger partial charge in [0.25, 0.3) is 5.91 Å². The van der Waals surface area contributed by atoms with Gasteiger partial charge < -0.3 is 0 Å². The number of sulfonamides is 1. The van der Waals surface area contributed by atoms with Gasteiger partial charge in [0.15, 0.2) is 0 Å². The van der Waals surface area contributed by atoms with Gasteiger partial charge in [0, 0.05) is 11.6 Å². The van der Waals surface area contributed by atoms with Gasteiger partial charge in [0.05, 0.1) is 17.7 Å². The van der Waals surface area contributed by atoms with Crippen molar-refractivity contribution in [2.75, 3.05) is 6.54 Å². The van der Waals surface area contributed by atoms with E-state index < -0.39 is 28.3 Å². The van der Waals surface area contributed by atoms with Crippen molar-refractivity contribution >= 4 is 33.7 Å². The number of amides is 1. The van der Waals surface area contributed by atoms with Crippen molar-refractivity contribution in [3.63, 3.8) is 0 Å². The first kappa shape index (κ1) is 23.6. The Morgan fingerprint density at radius 3 is 2.28 bits per heavy atom. The number of nitrogens with zero attached hydrogens (tertiary/aromatic N) is 2. The monoisotopic (exact) mass is 473 g/mol. The van der Waals surface area contributed by atoms with E-state index in [-0.39, 0.29) is 11.4 Å². The molecule has 6 nitrogen and oxygen atoms in total. The standard InChI is InChI=1S/C23H21ClFN3O3S/c1-17-2-4-18(5-3-17)14-26-27-23(29)16-28(15-19-6-10-21(25)11-7-19)32(30,31)22-12-8-20(24)9-13-22/h2-14H,15-16H2,1H3,(H,27,29)/b26-14-. The fourth-order valence-corrected chi connectivity index (χ4v) is 4.31. The molecule has 3 rings (SSSR count). The van der Waals surface area contributed by atoms with Gasteiger partial charge >= 0.3 is 0 Å². The summed E-state index contributed by atoms with van der Waals surface area (Å²) in [5.41, 5.74) is 4.75. The molecule has 0 unspecified atom stereocenters. The summed E-state index contributed by atoms with van der Waals surface area (Å²) in [7, 11) is -4.03. The predicted octanol–water partition coefficient (Wildman–Crippen LogP) is 4.13. The highest BCUT2D eigenvalue weighted by Gasteiger charge is 2.27. The molecule has 0 aliphatic rings. The maximum atomic E-state index is 13.2. The minimum atomic E-state index is -4.03. The second-order valence-corrected chi connectivity index (χ2v) is 9.43. The number of rotatable bonds is 8. The molecular formula is C23H21ClFN3O3S. The topological polar surface area (TPSA) is 78.8 Å². The second-order valence-electron chi connectivity index (χ2n) is 7.06. The minimum absolute atomic E-state index is 0.0139. The lowest BCUT2D eigenvalue weighted by molar-refractivity contribution is -0.121. The molecule has 0 heterocycles. The first-order chi connectivity index (χ1) is 15.2. The highest BCUT2D eigenvalue weighted by Crippen LogP contribution is 2.20. The maximum absolute atomic E-state index is 13.2. The zero-order chi connectivity index (χ0) is 23.1. The average Bonchev–Trinajstić information content (AvgIpc) is 2.76. The van der Waals surface area contributed by atoms with Gasteiger partial charge in [-0.25, -0.2) is 18.2 Å². The van der Waals surface area contributed by atoms with Crippen LogP contribution in [0, 0.1) is 12.7 Å². The zero-order valence-corrected chi connectivity index (χ0v) is 18.8. The van der Waals surface area contributed by atoms with E-state index in [2.05, 4.69) is 10.5 Å². The molecule has 0 spiro atoms. The van der Waals surface area contributed by atoms with Crippen LogP contribution in [-0.2, 0) is 21.4 Å². The van der Waals surface area contributed by atoms with E-state index >= 15 is 0 Å². The Kier molecular flexibility index (Phi) is 7.74. The second kappa shape index (κ2) is 10.5. The minimum Gasteiger partial charge on any atom is -0.272 e. The fourth-order valence-electron chi connectivity index (χ4n) is 2.80. The zero-order valence-electron chi connectivity index (χ0n) is 17.2. The van der Waals surface area contributed by atoms with Gasteiger partial charge in [-0.2, -0.15) is 9.41 Å². The summed E-state index contributed by atoms with van der Waals surface area (Å²) >= 11 is 5.86. The highest BCUT2D eigenvalue weighted by molar-refractivity contribution is 7.89. The van der Waals surface area contributed by atoms with Crippen LogP contribution in [0.1, 0.15) is 16.7 Å². The van der Waals surface area contributed by atoms with Crippen LogP contribution in [0.5, 0.6) is 0 Å². The lowest BCUT2D eigenvalue weighted by Gasteiger charge is -2.21. The lowest BCUT2D eigenvalue weighted by atomic mass is 10.2. The van der Waals surface area contributed by atoms with Crippen molar-refractivity contribution in [2.24, 2.45) is 5.10 Å². The maximum Gasteiger partial charge on any atom is 0.255 e. The molecule has 3 aromatic carbocycles. The Hall–Kier alpha value is -3.07. The van der Waals surface area contributed by atoms with Gasteiger partial charge in [-0.1, -0.05) is 53.6 Å². The van der Waals surface area contributed by atoms with E-state index in [0.29, 0.717) is 10.6 Å². The van der Waals surface area contributed by atoms with E-state index in [1.54, 1.807) is 0 Å². The first-order valence-electron chi connectivity index (χ1n) is 9.63. The van der Waals surface area contributed by atoms with Crippen molar-refractivity contribution in [3.8, 4) is 0 Å². The van der Waals surface area contributed by atoms with Gasteiger partial charge in [0.1, 0.15) is 5.82 Å². The number of hydrogen-bond acceptors (Lipinski definition) is 4. The molecule has 1 N–H and O–H groups in total. The Morgan fingerprint density at radius 1 is 1.03 bits per heavy atom. The molecule has 32 heavy (non-hydrogen) atoms. The van der Waals surface area contributed by atoms with Crippen LogP contribution in [0.25, 0.3) is 0 Å². The number of aryl methyl sites for hydroxylation is 1. The molecule has 0 radical (unpaired) electrons. The Bertz CT molecular complexity index is 1200. The van der Waals surface area contributed by atoms with E-state index in [1.165, 1.54) is 54.7 Å². The predicted molar refractivity (Wildman–Crippen MR) is 122 cm³/mol. The van der Waals surface area contributed by atoms with Crippen LogP contribution in [0.15, 0.2) is 82.8 Å². The summed E-state index contributed by atoms with van der Waals surface area (Å²) in [6, 6.07) is 18.5. The molecule has 0 saturated heterocycles. The SMILES string of the molecule is Cc1ccc(/C=N\NC(=O)CN(Cc2ccc(F)cc2)S(=O)(=O)c2ccc(Cl)cc2)cc1. The third kappa shape index (κ3) is 6.46. The number of halogens is 2. The molecule has 166 valence electrons. The third-order valence-electron chi connectivity index (χ3n) is 4.52. The highest BCUT2D eigenvalue weighted by atomic mass is 35.5. The summed E-state index contributed by atoms with van der Waals surface area (Å²) in [5, 5.41) is 4.28. The van der Waals surface area contributed by atoms with Crippen molar-refractivity contribution < 1.29 is 17.6 Å². The summed E-state index contributed by atoms with van der Waals surface area (Å²) in [5.74, 6) is -1.06. The van der Waals surface area contributed by atoms with Crippen LogP contribution in [0.4, 0.5) is 4.39 Å². The summed E-state index contributed by atoms with van der Waals surface area (Å²) in [4.78, 5) is 12.4. The third-order valence-corrected chi connectivity index (χ3v) is 6.58. The van der Waals surface area contributed by atoms with Gasteiger partial charge in [0.2, 0.25) is 10.0 Å². The van der Waals surface area contributed by atoms with Crippen LogP contribution in [0.2, 0.25) is 5.02 Å². The normalized spacial score (nSPS) is 11.8.